The molecule has 0 aliphatic rings. The Balaban J connectivity index is 1.77. The van der Waals surface area contributed by atoms with Crippen molar-refractivity contribution < 1.29 is 23.8 Å². The summed E-state index contributed by atoms with van der Waals surface area (Å²) in [6, 6.07) is 21.8. The zero-order valence-corrected chi connectivity index (χ0v) is 18.0. The van der Waals surface area contributed by atoms with Gasteiger partial charge in [-0.25, -0.2) is 4.21 Å². The van der Waals surface area contributed by atoms with E-state index in [1.165, 1.54) is 18.2 Å². The van der Waals surface area contributed by atoms with E-state index in [0.717, 1.165) is 0 Å². The molecule has 0 saturated heterocycles. The van der Waals surface area contributed by atoms with Gasteiger partial charge >= 0.3 is 0 Å². The lowest BCUT2D eigenvalue weighted by Crippen LogP contribution is -2.12. The zero-order valence-electron chi connectivity index (χ0n) is 17.2. The van der Waals surface area contributed by atoms with Crippen molar-refractivity contribution in [2.24, 2.45) is 10.2 Å². The van der Waals surface area contributed by atoms with Gasteiger partial charge in [0.25, 0.3) is 5.91 Å². The van der Waals surface area contributed by atoms with Crippen LogP contribution in [0.2, 0.25) is 0 Å². The first-order valence-electron chi connectivity index (χ1n) is 9.84. The molecule has 0 saturated carbocycles. The van der Waals surface area contributed by atoms with Gasteiger partial charge in [0.15, 0.2) is 16.8 Å². The summed E-state index contributed by atoms with van der Waals surface area (Å²) >= 11 is -2.06. The number of benzene rings is 4. The average Bonchev–Trinajstić information content (AvgIpc) is 2.80. The van der Waals surface area contributed by atoms with Crippen molar-refractivity contribution in [3.8, 4) is 11.5 Å². The van der Waals surface area contributed by atoms with Crippen LogP contribution >= 0.6 is 0 Å². The molecule has 0 bridgehead atoms. The van der Waals surface area contributed by atoms with Gasteiger partial charge in [0.1, 0.15) is 17.1 Å². The minimum atomic E-state index is -2.06. The third kappa shape index (κ3) is 5.05. The molecule has 4 N–H and O–H groups in total. The molecule has 4 aromatic carbocycles. The Labute approximate surface area is 191 Å². The fraction of sp³-hybridized carbons (Fsp3) is 0.0417. The first-order valence-corrected chi connectivity index (χ1v) is 11.1. The van der Waals surface area contributed by atoms with Crippen molar-refractivity contribution in [2.45, 2.75) is 5.75 Å². The molecule has 166 valence electrons. The summed E-state index contributed by atoms with van der Waals surface area (Å²) in [5, 5.41) is 33.2. The van der Waals surface area contributed by atoms with Crippen LogP contribution in [0.5, 0.6) is 11.5 Å². The van der Waals surface area contributed by atoms with E-state index in [2.05, 4.69) is 15.5 Å². The Hall–Kier alpha value is -4.08. The van der Waals surface area contributed by atoms with Gasteiger partial charge in [-0.2, -0.15) is 0 Å². The number of carbonyl (C=O) groups is 1. The number of azo groups is 1. The highest BCUT2D eigenvalue weighted by Crippen LogP contribution is 2.40. The van der Waals surface area contributed by atoms with Gasteiger partial charge in [-0.1, -0.05) is 48.5 Å². The van der Waals surface area contributed by atoms with E-state index in [0.29, 0.717) is 22.0 Å². The van der Waals surface area contributed by atoms with Crippen LogP contribution in [-0.4, -0.2) is 24.9 Å². The number of nitrogens with one attached hydrogen (secondary N) is 1. The van der Waals surface area contributed by atoms with E-state index in [1.807, 2.05) is 6.07 Å². The second-order valence-corrected chi connectivity index (χ2v) is 8.08. The Morgan fingerprint density at radius 2 is 1.64 bits per heavy atom. The summed E-state index contributed by atoms with van der Waals surface area (Å²) in [6.07, 6.45) is 0. The average molecular weight is 461 g/mol. The molecule has 1 unspecified atom stereocenters. The molecule has 1 atom stereocenters. The predicted molar refractivity (Wildman–Crippen MR) is 127 cm³/mol. The molecule has 4 rings (SSSR count). The first kappa shape index (κ1) is 22.1. The lowest BCUT2D eigenvalue weighted by atomic mass is 10.0. The monoisotopic (exact) mass is 461 g/mol. The number of anilines is 1. The lowest BCUT2D eigenvalue weighted by molar-refractivity contribution is 0.102. The number of hydrogen-bond donors (Lipinski definition) is 4. The maximum Gasteiger partial charge on any atom is 0.259 e. The third-order valence-corrected chi connectivity index (χ3v) is 5.44. The quantitative estimate of drug-likeness (QED) is 0.218. The number of rotatable bonds is 6. The van der Waals surface area contributed by atoms with Crippen molar-refractivity contribution in [1.29, 1.82) is 0 Å². The highest BCUT2D eigenvalue weighted by atomic mass is 32.2. The van der Waals surface area contributed by atoms with Crippen LogP contribution in [0.3, 0.4) is 0 Å². The van der Waals surface area contributed by atoms with E-state index in [-0.39, 0.29) is 34.2 Å². The number of fused-ring (bicyclic) bond motifs is 1. The predicted octanol–water partition coefficient (Wildman–Crippen LogP) is 5.64. The number of aromatic hydroxyl groups is 2. The zero-order chi connectivity index (χ0) is 23.4. The second kappa shape index (κ2) is 9.60. The van der Waals surface area contributed by atoms with Crippen LogP contribution in [0.25, 0.3) is 10.8 Å². The molecular weight excluding hydrogens is 442 g/mol. The molecule has 0 aromatic heterocycles. The molecule has 0 fully saturated rings. The topological polar surface area (TPSA) is 132 Å². The highest BCUT2D eigenvalue weighted by Gasteiger charge is 2.18. The molecule has 33 heavy (non-hydrogen) atoms. The summed E-state index contributed by atoms with van der Waals surface area (Å²) in [5.74, 6) is -1.20. The van der Waals surface area contributed by atoms with Gasteiger partial charge in [-0.15, -0.1) is 10.2 Å². The Morgan fingerprint density at radius 1 is 0.909 bits per heavy atom. The van der Waals surface area contributed by atoms with E-state index in [9.17, 15) is 19.2 Å². The van der Waals surface area contributed by atoms with Crippen molar-refractivity contribution in [2.75, 3.05) is 5.32 Å². The van der Waals surface area contributed by atoms with Crippen LogP contribution in [0.4, 0.5) is 17.1 Å². The molecular formula is C24H19N3O5S. The molecule has 0 radical (unpaired) electrons. The number of hydrogen-bond acceptors (Lipinski definition) is 6. The lowest BCUT2D eigenvalue weighted by Gasteiger charge is -2.11. The fourth-order valence-corrected chi connectivity index (χ4v) is 3.76. The molecule has 4 aromatic rings. The van der Waals surface area contributed by atoms with Crippen LogP contribution < -0.4 is 5.32 Å². The highest BCUT2D eigenvalue weighted by molar-refractivity contribution is 7.78. The van der Waals surface area contributed by atoms with E-state index < -0.39 is 17.0 Å². The van der Waals surface area contributed by atoms with Crippen LogP contribution in [-0.2, 0) is 16.8 Å². The Bertz CT molecular complexity index is 1390. The van der Waals surface area contributed by atoms with Crippen LogP contribution in [0.15, 0.2) is 89.1 Å². The molecule has 0 aliphatic heterocycles. The standard InChI is InChI=1S/C24H19N3O5S/c28-21-11-10-15(14-33(31)32)12-20(21)26-27-22-18-9-5-4-6-16(18)13-19(23(22)29)24(30)25-17-7-2-1-3-8-17/h1-13,28-29H,14H2,(H,25,30)(H,31,32). The van der Waals surface area contributed by atoms with Gasteiger partial charge in [0, 0.05) is 11.1 Å². The molecule has 0 heterocycles. The Morgan fingerprint density at radius 3 is 2.39 bits per heavy atom. The van der Waals surface area contributed by atoms with Crippen LogP contribution in [0, 0.1) is 0 Å². The Kier molecular flexibility index (Phi) is 6.43. The number of amides is 1. The smallest absolute Gasteiger partial charge is 0.259 e. The van der Waals surface area contributed by atoms with Crippen molar-refractivity contribution >= 4 is 44.8 Å². The van der Waals surface area contributed by atoms with Crippen molar-refractivity contribution in [3.05, 3.63) is 90.0 Å². The third-order valence-electron chi connectivity index (χ3n) is 4.86. The molecule has 0 aliphatic carbocycles. The van der Waals surface area contributed by atoms with Gasteiger partial charge in [-0.3, -0.25) is 4.79 Å². The van der Waals surface area contributed by atoms with E-state index in [1.54, 1.807) is 54.6 Å². The molecule has 8 nitrogen and oxygen atoms in total. The van der Waals surface area contributed by atoms with Crippen molar-refractivity contribution in [1.82, 2.24) is 0 Å². The molecule has 1 amide bonds. The number of phenols is 2. The summed E-state index contributed by atoms with van der Waals surface area (Å²) in [7, 11) is 0. The molecule has 9 heteroatoms. The number of carbonyl (C=O) groups excluding carboxylic acids is 1. The van der Waals surface area contributed by atoms with Gasteiger partial charge in [-0.05, 0) is 41.3 Å². The number of phenolic OH excluding ortho intramolecular Hbond substituents is 2. The number of nitrogens with zero attached hydrogens (tertiary/aromatic N) is 2. The SMILES string of the molecule is O=C(Nc1ccccc1)c1cc2ccccc2c(N=Nc2cc(CS(=O)O)ccc2O)c1O. The summed E-state index contributed by atoms with van der Waals surface area (Å²) < 4.78 is 20.2. The number of para-hydroxylation sites is 1. The largest absolute Gasteiger partial charge is 0.506 e. The van der Waals surface area contributed by atoms with Crippen molar-refractivity contribution in [3.63, 3.8) is 0 Å². The summed E-state index contributed by atoms with van der Waals surface area (Å²) in [5.41, 5.74) is 1.18. The molecule has 0 spiro atoms. The minimum Gasteiger partial charge on any atom is -0.506 e. The van der Waals surface area contributed by atoms with Crippen LogP contribution in [0.1, 0.15) is 15.9 Å². The fourth-order valence-electron chi connectivity index (χ4n) is 3.30. The summed E-state index contributed by atoms with van der Waals surface area (Å²) in [4.78, 5) is 12.9. The van der Waals surface area contributed by atoms with E-state index in [4.69, 9.17) is 4.55 Å². The van der Waals surface area contributed by atoms with Gasteiger partial charge in [0.05, 0.1) is 11.3 Å². The van der Waals surface area contributed by atoms with E-state index >= 15 is 0 Å². The second-order valence-electron chi connectivity index (χ2n) is 7.15. The minimum absolute atomic E-state index is 0.0140. The maximum atomic E-state index is 12.9. The normalized spacial score (nSPS) is 12.2. The first-order chi connectivity index (χ1) is 15.9. The summed E-state index contributed by atoms with van der Waals surface area (Å²) in [6.45, 7) is 0. The maximum absolute atomic E-state index is 12.9. The van der Waals surface area contributed by atoms with Gasteiger partial charge in [0.2, 0.25) is 0 Å². The van der Waals surface area contributed by atoms with Gasteiger partial charge < -0.3 is 20.1 Å².